The van der Waals surface area contributed by atoms with E-state index in [1.54, 1.807) is 12.1 Å². The predicted molar refractivity (Wildman–Crippen MR) is 263 cm³/mol. The normalized spacial score (nSPS) is 26.9. The van der Waals surface area contributed by atoms with E-state index in [-0.39, 0.29) is 56.6 Å². The Kier molecular flexibility index (Phi) is 13.9. The molecule has 6 atom stereocenters. The van der Waals surface area contributed by atoms with Crippen molar-refractivity contribution in [3.05, 3.63) is 143 Å². The zero-order valence-corrected chi connectivity index (χ0v) is 41.5. The molecule has 354 valence electrons. The van der Waals surface area contributed by atoms with Crippen LogP contribution in [0.25, 0.3) is 0 Å². The lowest BCUT2D eigenvalue weighted by Gasteiger charge is -2.51. The number of carbonyl (C=O) groups excluding carboxylic acids is 3. The van der Waals surface area contributed by atoms with Gasteiger partial charge in [-0.25, -0.2) is 14.4 Å². The largest absolute Gasteiger partial charge is 0.458 e. The van der Waals surface area contributed by atoms with E-state index in [4.69, 9.17) is 14.2 Å². The summed E-state index contributed by atoms with van der Waals surface area (Å²) in [7, 11) is 0. The fraction of sp³-hybridized carbons (Fsp3) is 0.526. The van der Waals surface area contributed by atoms with Gasteiger partial charge >= 0.3 is 17.9 Å². The number of piperidine rings is 3. The molecule has 7 rings (SSSR count). The van der Waals surface area contributed by atoms with Crippen LogP contribution in [0.15, 0.2) is 109 Å². The topological polar surface area (TPSA) is 115 Å². The molecule has 6 unspecified atom stereocenters. The maximum absolute atomic E-state index is 15.0. The third-order valence-electron chi connectivity index (χ3n) is 14.6. The van der Waals surface area contributed by atoms with E-state index in [0.29, 0.717) is 38.5 Å². The average Bonchev–Trinajstić information content (AvgIpc) is 3.21. The first-order valence-corrected chi connectivity index (χ1v) is 24.1. The number of nitrogens with one attached hydrogen (secondary N) is 3. The first-order valence-electron chi connectivity index (χ1n) is 24.1. The van der Waals surface area contributed by atoms with E-state index in [9.17, 15) is 9.59 Å². The molecule has 0 saturated carbocycles. The van der Waals surface area contributed by atoms with Gasteiger partial charge in [-0.15, -0.1) is 0 Å². The van der Waals surface area contributed by atoms with Gasteiger partial charge in [-0.05, 0) is 137 Å². The van der Waals surface area contributed by atoms with Crippen molar-refractivity contribution in [1.82, 2.24) is 16.0 Å². The Balaban J connectivity index is 1.25. The third-order valence-corrected chi connectivity index (χ3v) is 14.6. The molecular weight excluding hydrogens is 823 g/mol. The summed E-state index contributed by atoms with van der Waals surface area (Å²) < 4.78 is 19.8. The van der Waals surface area contributed by atoms with Crippen LogP contribution in [0, 0.1) is 17.8 Å². The number of hydrogen-bond donors (Lipinski definition) is 3. The van der Waals surface area contributed by atoms with Crippen molar-refractivity contribution >= 4 is 17.9 Å². The van der Waals surface area contributed by atoms with Crippen LogP contribution < -0.4 is 16.0 Å². The molecule has 3 fully saturated rings. The Hall–Kier alpha value is -4.83. The first-order chi connectivity index (χ1) is 30.8. The maximum atomic E-state index is 15.0. The predicted octanol–water partition coefficient (Wildman–Crippen LogP) is 10.5. The smallest absolute Gasteiger partial charge is 0.339 e. The second kappa shape index (κ2) is 18.7. The van der Waals surface area contributed by atoms with Crippen LogP contribution in [0.5, 0.6) is 0 Å². The molecule has 0 aromatic heterocycles. The van der Waals surface area contributed by atoms with Crippen LogP contribution in [-0.2, 0) is 33.5 Å². The van der Waals surface area contributed by atoms with Crippen molar-refractivity contribution in [2.75, 3.05) is 0 Å². The minimum absolute atomic E-state index is 0.0130. The molecule has 3 heterocycles. The van der Waals surface area contributed by atoms with Gasteiger partial charge in [-0.1, -0.05) is 91.0 Å². The molecule has 4 aromatic carbocycles. The number of rotatable bonds is 12. The van der Waals surface area contributed by atoms with E-state index in [0.717, 1.165) is 16.7 Å². The summed E-state index contributed by atoms with van der Waals surface area (Å²) in [5.41, 5.74) is 1.48. The van der Waals surface area contributed by atoms with Gasteiger partial charge in [0.25, 0.3) is 0 Å². The average molecular weight is 898 g/mol. The van der Waals surface area contributed by atoms with Crippen LogP contribution in [0.1, 0.15) is 150 Å². The van der Waals surface area contributed by atoms with Crippen molar-refractivity contribution in [1.29, 1.82) is 0 Å². The highest BCUT2D eigenvalue weighted by atomic mass is 16.6. The van der Waals surface area contributed by atoms with Gasteiger partial charge in [0.2, 0.25) is 0 Å². The van der Waals surface area contributed by atoms with E-state index >= 15 is 4.79 Å². The summed E-state index contributed by atoms with van der Waals surface area (Å²) >= 11 is 0. The van der Waals surface area contributed by atoms with Crippen LogP contribution in [0.4, 0.5) is 0 Å². The quantitative estimate of drug-likeness (QED) is 0.0945. The number of hydrogen-bond acceptors (Lipinski definition) is 9. The molecule has 0 aliphatic carbocycles. The summed E-state index contributed by atoms with van der Waals surface area (Å²) in [5.74, 6) is -2.10. The minimum Gasteiger partial charge on any atom is -0.458 e. The second-order valence-electron chi connectivity index (χ2n) is 23.3. The van der Waals surface area contributed by atoms with Crippen molar-refractivity contribution in [2.24, 2.45) is 17.8 Å². The van der Waals surface area contributed by atoms with Crippen LogP contribution in [0.2, 0.25) is 0 Å². The van der Waals surface area contributed by atoms with Crippen molar-refractivity contribution in [3.8, 4) is 0 Å². The number of benzene rings is 4. The molecule has 4 aromatic rings. The fourth-order valence-corrected chi connectivity index (χ4v) is 12.1. The first kappa shape index (κ1) is 49.1. The Labute approximate surface area is 394 Å². The highest BCUT2D eigenvalue weighted by Crippen LogP contribution is 2.41. The second-order valence-corrected chi connectivity index (χ2v) is 23.3. The van der Waals surface area contributed by atoms with E-state index in [1.165, 1.54) is 6.07 Å². The molecule has 3 saturated heterocycles. The number of esters is 3. The molecule has 3 aliphatic heterocycles. The highest BCUT2D eigenvalue weighted by molar-refractivity contribution is 6.05. The molecule has 9 nitrogen and oxygen atoms in total. The number of ether oxygens (including phenoxy) is 3. The van der Waals surface area contributed by atoms with Crippen LogP contribution in [0.3, 0.4) is 0 Å². The molecule has 66 heavy (non-hydrogen) atoms. The standard InChI is InChI=1S/C57H75N3O6/c1-52(2)34-46(43(55(7,8)58-52)30-37-22-16-13-17-23-37)64-49(61)40-28-29-41(50(62)65-47-35-53(3,4)59-56(9,10)44(47)31-38-24-18-14-19-25-38)42(33-40)51(63)66-48-36-54(5,6)60-57(11,12)45(48)32-39-26-20-15-21-27-39/h13-29,33,43-48,58-60H,30-32,34-36H2,1-12H3. The van der Waals surface area contributed by atoms with Gasteiger partial charge in [-0.3, -0.25) is 0 Å². The summed E-state index contributed by atoms with van der Waals surface area (Å²) in [6.07, 6.45) is 2.35. The molecule has 0 spiro atoms. The van der Waals surface area contributed by atoms with Gasteiger partial charge in [0.15, 0.2) is 0 Å². The van der Waals surface area contributed by atoms with E-state index < -0.39 is 47.3 Å². The molecule has 0 amide bonds. The summed E-state index contributed by atoms with van der Waals surface area (Å²) in [6.45, 7) is 25.7. The Morgan fingerprint density at radius 1 is 0.424 bits per heavy atom. The van der Waals surface area contributed by atoms with Crippen molar-refractivity contribution in [2.45, 2.75) is 173 Å². The van der Waals surface area contributed by atoms with Crippen molar-refractivity contribution < 1.29 is 28.6 Å². The number of carbonyl (C=O) groups is 3. The summed E-state index contributed by atoms with van der Waals surface area (Å²) in [5, 5.41) is 11.4. The zero-order valence-electron chi connectivity index (χ0n) is 41.5. The molecule has 9 heteroatoms. The lowest BCUT2D eigenvalue weighted by Crippen LogP contribution is -2.65. The molecule has 3 aliphatic rings. The third kappa shape index (κ3) is 11.6. The maximum Gasteiger partial charge on any atom is 0.339 e. The molecule has 0 radical (unpaired) electrons. The Morgan fingerprint density at radius 2 is 0.727 bits per heavy atom. The minimum atomic E-state index is -0.675. The molecular formula is C57H75N3O6. The van der Waals surface area contributed by atoms with Gasteiger partial charge in [0.05, 0.1) is 16.7 Å². The monoisotopic (exact) mass is 898 g/mol. The zero-order chi connectivity index (χ0) is 47.9. The van der Waals surface area contributed by atoms with E-state index in [2.05, 4.69) is 135 Å². The van der Waals surface area contributed by atoms with E-state index in [1.807, 2.05) is 54.6 Å². The SMILES string of the molecule is CC1(C)CC(OC(=O)c2ccc(C(=O)OC3CC(C)(C)NC(C)(C)C3Cc3ccccc3)c(C(=O)OC3CC(C)(C)NC(C)(C)C3Cc3ccccc3)c2)C(Cc2ccccc2)C(C)(C)N1. The highest BCUT2D eigenvalue weighted by Gasteiger charge is 2.50. The summed E-state index contributed by atoms with van der Waals surface area (Å²) in [6, 6.07) is 35.4. The fourth-order valence-electron chi connectivity index (χ4n) is 12.1. The Bertz CT molecular complexity index is 2340. The van der Waals surface area contributed by atoms with Crippen molar-refractivity contribution in [3.63, 3.8) is 0 Å². The van der Waals surface area contributed by atoms with Crippen LogP contribution in [-0.4, -0.2) is 69.5 Å². The van der Waals surface area contributed by atoms with Gasteiger partial charge in [0, 0.05) is 70.2 Å². The van der Waals surface area contributed by atoms with Crippen LogP contribution >= 0.6 is 0 Å². The lowest BCUT2D eigenvalue weighted by molar-refractivity contribution is -0.0476. The Morgan fingerprint density at radius 3 is 1.06 bits per heavy atom. The molecule has 0 bridgehead atoms. The van der Waals surface area contributed by atoms with Gasteiger partial charge < -0.3 is 30.2 Å². The summed E-state index contributed by atoms with van der Waals surface area (Å²) in [4.78, 5) is 44.4. The lowest BCUT2D eigenvalue weighted by atomic mass is 9.70. The molecule has 3 N–H and O–H groups in total. The van der Waals surface area contributed by atoms with Gasteiger partial charge in [0.1, 0.15) is 18.3 Å². The van der Waals surface area contributed by atoms with Gasteiger partial charge in [-0.2, -0.15) is 0 Å².